The molecule has 0 aromatic carbocycles. The first-order chi connectivity index (χ1) is 5.58. The number of rotatable bonds is 3. The van der Waals surface area contributed by atoms with Crippen LogP contribution in [0.2, 0.25) is 0 Å². The van der Waals surface area contributed by atoms with Crippen LogP contribution < -0.4 is 11.1 Å². The Bertz CT molecular complexity index is 215. The van der Waals surface area contributed by atoms with Gasteiger partial charge in [0.1, 0.15) is 0 Å². The van der Waals surface area contributed by atoms with Crippen molar-refractivity contribution in [1.29, 1.82) is 0 Å². The molecule has 1 rings (SSSR count). The summed E-state index contributed by atoms with van der Waals surface area (Å²) in [7, 11) is 0. The van der Waals surface area contributed by atoms with Gasteiger partial charge >= 0.3 is 0 Å². The molecule has 2 amide bonds. The minimum atomic E-state index is -0.504. The minimum Gasteiger partial charge on any atom is -0.330 e. The Balaban J connectivity index is 2.58. The molecule has 4 nitrogen and oxygen atoms in total. The number of carbonyl (C=O) groups excluding carboxylic acids is 2. The average molecular weight is 170 g/mol. The molecule has 0 aliphatic carbocycles. The van der Waals surface area contributed by atoms with Gasteiger partial charge in [-0.2, -0.15) is 0 Å². The van der Waals surface area contributed by atoms with E-state index in [0.717, 1.165) is 6.42 Å². The molecule has 0 radical (unpaired) electrons. The van der Waals surface area contributed by atoms with Crippen LogP contribution in [0, 0.1) is 5.41 Å². The zero-order valence-corrected chi connectivity index (χ0v) is 7.22. The zero-order chi connectivity index (χ0) is 9.19. The molecule has 1 unspecified atom stereocenters. The topological polar surface area (TPSA) is 72.2 Å². The van der Waals surface area contributed by atoms with Gasteiger partial charge in [-0.15, -0.1) is 0 Å². The normalized spacial score (nSPS) is 29.2. The van der Waals surface area contributed by atoms with E-state index in [-0.39, 0.29) is 11.8 Å². The van der Waals surface area contributed by atoms with Crippen molar-refractivity contribution in [3.63, 3.8) is 0 Å². The van der Waals surface area contributed by atoms with Crippen LogP contribution in [0.4, 0.5) is 0 Å². The van der Waals surface area contributed by atoms with Gasteiger partial charge in [0.15, 0.2) is 0 Å². The summed E-state index contributed by atoms with van der Waals surface area (Å²) in [6.07, 6.45) is 1.80. The Kier molecular flexibility index (Phi) is 2.47. The second-order valence-electron chi connectivity index (χ2n) is 3.51. The van der Waals surface area contributed by atoms with E-state index < -0.39 is 5.41 Å². The van der Waals surface area contributed by atoms with Gasteiger partial charge in [-0.05, 0) is 19.4 Å². The van der Waals surface area contributed by atoms with E-state index in [0.29, 0.717) is 19.4 Å². The van der Waals surface area contributed by atoms with Crippen molar-refractivity contribution < 1.29 is 9.59 Å². The first kappa shape index (κ1) is 9.19. The molecule has 3 N–H and O–H groups in total. The summed E-state index contributed by atoms with van der Waals surface area (Å²) in [5.74, 6) is -0.319. The van der Waals surface area contributed by atoms with Gasteiger partial charge in [-0.25, -0.2) is 0 Å². The second-order valence-corrected chi connectivity index (χ2v) is 3.51. The Hall–Kier alpha value is -0.900. The van der Waals surface area contributed by atoms with Gasteiger partial charge in [0.2, 0.25) is 11.8 Å². The number of nitrogens with one attached hydrogen (secondary N) is 1. The van der Waals surface area contributed by atoms with Gasteiger partial charge in [0.25, 0.3) is 0 Å². The van der Waals surface area contributed by atoms with Crippen molar-refractivity contribution >= 4 is 11.8 Å². The standard InChI is InChI=1S/C8H14N2O2/c1-8(3-2-4-9)5-6(11)10-7(8)12/h2-5,9H2,1H3,(H,10,11,12). The molecule has 1 heterocycles. The van der Waals surface area contributed by atoms with Crippen LogP contribution in [0.5, 0.6) is 0 Å². The molecule has 1 atom stereocenters. The van der Waals surface area contributed by atoms with Gasteiger partial charge in [0.05, 0.1) is 5.41 Å². The van der Waals surface area contributed by atoms with Crippen LogP contribution in [0.3, 0.4) is 0 Å². The molecule has 0 spiro atoms. The Labute approximate surface area is 71.5 Å². The Morgan fingerprint density at radius 1 is 1.58 bits per heavy atom. The van der Waals surface area contributed by atoms with Crippen LogP contribution in [0.15, 0.2) is 0 Å². The van der Waals surface area contributed by atoms with Crippen molar-refractivity contribution in [3.05, 3.63) is 0 Å². The van der Waals surface area contributed by atoms with Crippen molar-refractivity contribution in [3.8, 4) is 0 Å². The van der Waals surface area contributed by atoms with Crippen LogP contribution in [0.1, 0.15) is 26.2 Å². The summed E-state index contributed by atoms with van der Waals surface area (Å²) in [5.41, 5.74) is 4.83. The molecule has 1 fully saturated rings. The lowest BCUT2D eigenvalue weighted by Crippen LogP contribution is -2.29. The van der Waals surface area contributed by atoms with E-state index in [1.807, 2.05) is 6.92 Å². The second kappa shape index (κ2) is 3.23. The lowest BCUT2D eigenvalue weighted by Gasteiger charge is -2.17. The lowest BCUT2D eigenvalue weighted by molar-refractivity contribution is -0.128. The Morgan fingerprint density at radius 3 is 2.67 bits per heavy atom. The fourth-order valence-corrected chi connectivity index (χ4v) is 1.45. The summed E-state index contributed by atoms with van der Waals surface area (Å²) >= 11 is 0. The number of hydrogen-bond donors (Lipinski definition) is 2. The summed E-state index contributed by atoms with van der Waals surface area (Å²) in [6.45, 7) is 2.37. The predicted molar refractivity (Wildman–Crippen MR) is 44.2 cm³/mol. The molecular weight excluding hydrogens is 156 g/mol. The lowest BCUT2D eigenvalue weighted by atomic mass is 9.84. The molecule has 0 bridgehead atoms. The third-order valence-corrected chi connectivity index (χ3v) is 2.28. The van der Waals surface area contributed by atoms with Crippen molar-refractivity contribution in [2.45, 2.75) is 26.2 Å². The van der Waals surface area contributed by atoms with Crippen LogP contribution in [-0.4, -0.2) is 18.4 Å². The highest BCUT2D eigenvalue weighted by atomic mass is 16.2. The van der Waals surface area contributed by atoms with Gasteiger partial charge in [-0.1, -0.05) is 6.92 Å². The fourth-order valence-electron chi connectivity index (χ4n) is 1.45. The van der Waals surface area contributed by atoms with Gasteiger partial charge < -0.3 is 5.73 Å². The first-order valence-electron chi connectivity index (χ1n) is 4.13. The highest BCUT2D eigenvalue weighted by Gasteiger charge is 2.41. The molecule has 1 saturated heterocycles. The summed E-state index contributed by atoms with van der Waals surface area (Å²) < 4.78 is 0. The fraction of sp³-hybridized carbons (Fsp3) is 0.750. The molecule has 0 aromatic heterocycles. The highest BCUT2D eigenvalue weighted by Crippen LogP contribution is 2.31. The minimum absolute atomic E-state index is 0.152. The number of carbonyl (C=O) groups is 2. The molecular formula is C8H14N2O2. The third kappa shape index (κ3) is 1.64. The Morgan fingerprint density at radius 2 is 2.25 bits per heavy atom. The molecule has 4 heteroatoms. The third-order valence-electron chi connectivity index (χ3n) is 2.28. The van der Waals surface area contributed by atoms with Crippen LogP contribution in [0.25, 0.3) is 0 Å². The number of nitrogens with two attached hydrogens (primary N) is 1. The molecule has 0 saturated carbocycles. The SMILES string of the molecule is CC1(CCCN)CC(=O)NC1=O. The highest BCUT2D eigenvalue weighted by molar-refractivity contribution is 6.05. The number of imide groups is 1. The quantitative estimate of drug-likeness (QED) is 0.575. The van der Waals surface area contributed by atoms with E-state index in [4.69, 9.17) is 5.73 Å². The zero-order valence-electron chi connectivity index (χ0n) is 7.22. The maximum Gasteiger partial charge on any atom is 0.233 e. The maximum absolute atomic E-state index is 11.2. The number of amides is 2. The van der Waals surface area contributed by atoms with Gasteiger partial charge in [-0.3, -0.25) is 14.9 Å². The van der Waals surface area contributed by atoms with Crippen molar-refractivity contribution in [1.82, 2.24) is 5.32 Å². The van der Waals surface area contributed by atoms with Crippen LogP contribution >= 0.6 is 0 Å². The molecule has 0 aromatic rings. The van der Waals surface area contributed by atoms with E-state index >= 15 is 0 Å². The monoisotopic (exact) mass is 170 g/mol. The van der Waals surface area contributed by atoms with E-state index in [1.54, 1.807) is 0 Å². The first-order valence-corrected chi connectivity index (χ1v) is 4.13. The molecule has 1 aliphatic heterocycles. The van der Waals surface area contributed by atoms with Crippen molar-refractivity contribution in [2.24, 2.45) is 11.1 Å². The van der Waals surface area contributed by atoms with E-state index in [1.165, 1.54) is 0 Å². The van der Waals surface area contributed by atoms with Crippen molar-refractivity contribution in [2.75, 3.05) is 6.54 Å². The average Bonchev–Trinajstić information content (AvgIpc) is 2.23. The predicted octanol–water partition coefficient (Wildman–Crippen LogP) is -0.222. The summed E-state index contributed by atoms with van der Waals surface area (Å²) in [4.78, 5) is 22.1. The largest absolute Gasteiger partial charge is 0.330 e. The summed E-state index contributed by atoms with van der Waals surface area (Å²) in [5, 5.41) is 2.30. The molecule has 1 aliphatic rings. The smallest absolute Gasteiger partial charge is 0.233 e. The number of hydrogen-bond acceptors (Lipinski definition) is 3. The summed E-state index contributed by atoms with van der Waals surface area (Å²) in [6, 6.07) is 0. The molecule has 12 heavy (non-hydrogen) atoms. The van der Waals surface area contributed by atoms with Crippen LogP contribution in [-0.2, 0) is 9.59 Å². The molecule has 68 valence electrons. The van der Waals surface area contributed by atoms with Gasteiger partial charge in [0, 0.05) is 6.42 Å². The maximum atomic E-state index is 11.2. The van der Waals surface area contributed by atoms with E-state index in [2.05, 4.69) is 5.32 Å². The van der Waals surface area contributed by atoms with E-state index in [9.17, 15) is 9.59 Å².